The number of nitrogens with two attached hydrogens (primary N) is 1. The van der Waals surface area contributed by atoms with E-state index in [-0.39, 0.29) is 11.8 Å². The standard InChI is InChI=1S/C11H18N2O2S2/c1-8-13-6-11(16-8)4-10(5-12)9-2-3-17(14,15)7-9/h6,9-10H,2-5,7,12H2,1H3. The van der Waals surface area contributed by atoms with Crippen molar-refractivity contribution in [3.63, 3.8) is 0 Å². The van der Waals surface area contributed by atoms with Gasteiger partial charge in [0.25, 0.3) is 0 Å². The highest BCUT2D eigenvalue weighted by atomic mass is 32.2. The Bertz CT molecular complexity index is 481. The first kappa shape index (κ1) is 13.0. The van der Waals surface area contributed by atoms with Crippen molar-refractivity contribution in [2.45, 2.75) is 19.8 Å². The molecule has 4 nitrogen and oxygen atoms in total. The maximum absolute atomic E-state index is 11.5. The van der Waals surface area contributed by atoms with Gasteiger partial charge in [0.1, 0.15) is 0 Å². The van der Waals surface area contributed by atoms with Gasteiger partial charge in [-0.3, -0.25) is 0 Å². The number of hydrogen-bond donors (Lipinski definition) is 1. The Balaban J connectivity index is 2.02. The molecule has 2 heterocycles. The van der Waals surface area contributed by atoms with Gasteiger partial charge in [-0.15, -0.1) is 11.3 Å². The number of hydrogen-bond acceptors (Lipinski definition) is 5. The molecule has 2 unspecified atom stereocenters. The molecule has 1 fully saturated rings. The smallest absolute Gasteiger partial charge is 0.150 e. The summed E-state index contributed by atoms with van der Waals surface area (Å²) in [4.78, 5) is 5.43. The summed E-state index contributed by atoms with van der Waals surface area (Å²) in [5, 5.41) is 1.05. The average Bonchev–Trinajstić information content (AvgIpc) is 2.81. The van der Waals surface area contributed by atoms with Crippen molar-refractivity contribution < 1.29 is 8.42 Å². The molecule has 1 aliphatic rings. The molecule has 17 heavy (non-hydrogen) atoms. The third kappa shape index (κ3) is 3.26. The summed E-state index contributed by atoms with van der Waals surface area (Å²) in [5.41, 5.74) is 5.79. The molecule has 1 saturated heterocycles. The van der Waals surface area contributed by atoms with E-state index < -0.39 is 9.84 Å². The van der Waals surface area contributed by atoms with E-state index in [9.17, 15) is 8.42 Å². The average molecular weight is 274 g/mol. The largest absolute Gasteiger partial charge is 0.330 e. The Hall–Kier alpha value is -0.460. The van der Waals surface area contributed by atoms with Crippen molar-refractivity contribution in [3.05, 3.63) is 16.1 Å². The lowest BCUT2D eigenvalue weighted by Gasteiger charge is -2.19. The number of thiazole rings is 1. The summed E-state index contributed by atoms with van der Waals surface area (Å²) in [6, 6.07) is 0. The fraction of sp³-hybridized carbons (Fsp3) is 0.727. The van der Waals surface area contributed by atoms with Crippen LogP contribution in [0.4, 0.5) is 0 Å². The lowest BCUT2D eigenvalue weighted by atomic mass is 9.89. The molecule has 96 valence electrons. The van der Waals surface area contributed by atoms with Gasteiger partial charge in [0.05, 0.1) is 16.5 Å². The van der Waals surface area contributed by atoms with Crippen LogP contribution in [0.3, 0.4) is 0 Å². The normalized spacial score (nSPS) is 24.9. The molecule has 2 N–H and O–H groups in total. The third-order valence-corrected chi connectivity index (χ3v) is 6.10. The van der Waals surface area contributed by atoms with Crippen molar-refractivity contribution in [2.75, 3.05) is 18.1 Å². The molecular weight excluding hydrogens is 256 g/mol. The van der Waals surface area contributed by atoms with Gasteiger partial charge in [-0.2, -0.15) is 0 Å². The van der Waals surface area contributed by atoms with E-state index in [2.05, 4.69) is 4.98 Å². The van der Waals surface area contributed by atoms with Crippen LogP contribution in [0.15, 0.2) is 6.20 Å². The summed E-state index contributed by atoms with van der Waals surface area (Å²) in [6.07, 6.45) is 3.51. The molecule has 6 heteroatoms. The summed E-state index contributed by atoms with van der Waals surface area (Å²) < 4.78 is 22.9. The molecule has 0 radical (unpaired) electrons. The number of aryl methyl sites for hydroxylation is 1. The number of aromatic nitrogens is 1. The Morgan fingerprint density at radius 3 is 2.88 bits per heavy atom. The summed E-state index contributed by atoms with van der Waals surface area (Å²) >= 11 is 1.67. The molecule has 2 atom stereocenters. The van der Waals surface area contributed by atoms with E-state index in [0.29, 0.717) is 18.1 Å². The fourth-order valence-corrected chi connectivity index (χ4v) is 5.20. The van der Waals surface area contributed by atoms with Crippen LogP contribution >= 0.6 is 11.3 Å². The molecule has 0 amide bonds. The van der Waals surface area contributed by atoms with Gasteiger partial charge in [-0.05, 0) is 38.1 Å². The predicted octanol–water partition coefficient (Wildman–Crippen LogP) is 1.00. The van der Waals surface area contributed by atoms with Crippen molar-refractivity contribution in [1.29, 1.82) is 0 Å². The zero-order chi connectivity index (χ0) is 12.5. The van der Waals surface area contributed by atoms with E-state index in [4.69, 9.17) is 5.73 Å². The number of sulfone groups is 1. The van der Waals surface area contributed by atoms with E-state index in [1.165, 1.54) is 4.88 Å². The van der Waals surface area contributed by atoms with Crippen molar-refractivity contribution in [3.8, 4) is 0 Å². The molecule has 0 saturated carbocycles. The van der Waals surface area contributed by atoms with Crippen LogP contribution in [0.1, 0.15) is 16.3 Å². The Morgan fingerprint density at radius 2 is 2.41 bits per heavy atom. The van der Waals surface area contributed by atoms with E-state index in [1.54, 1.807) is 11.3 Å². The summed E-state index contributed by atoms with van der Waals surface area (Å²) in [7, 11) is -2.81. The minimum Gasteiger partial charge on any atom is -0.330 e. The van der Waals surface area contributed by atoms with Crippen LogP contribution in [-0.4, -0.2) is 31.5 Å². The van der Waals surface area contributed by atoms with E-state index in [1.807, 2.05) is 13.1 Å². The Labute approximate surface area is 106 Å². The second kappa shape index (κ2) is 5.04. The van der Waals surface area contributed by atoms with Gasteiger partial charge >= 0.3 is 0 Å². The van der Waals surface area contributed by atoms with Gasteiger partial charge in [0, 0.05) is 11.1 Å². The number of nitrogens with zero attached hydrogens (tertiary/aromatic N) is 1. The molecular formula is C11H18N2O2S2. The highest BCUT2D eigenvalue weighted by Gasteiger charge is 2.33. The lowest BCUT2D eigenvalue weighted by Crippen LogP contribution is -2.26. The molecule has 0 spiro atoms. The monoisotopic (exact) mass is 274 g/mol. The molecule has 1 aromatic heterocycles. The molecule has 0 aromatic carbocycles. The fourth-order valence-electron chi connectivity index (χ4n) is 2.40. The second-order valence-electron chi connectivity index (χ2n) is 4.71. The second-order valence-corrected chi connectivity index (χ2v) is 8.26. The van der Waals surface area contributed by atoms with E-state index in [0.717, 1.165) is 17.8 Å². The highest BCUT2D eigenvalue weighted by molar-refractivity contribution is 7.91. The van der Waals surface area contributed by atoms with Crippen molar-refractivity contribution in [1.82, 2.24) is 4.98 Å². The van der Waals surface area contributed by atoms with Crippen LogP contribution in [0.2, 0.25) is 0 Å². The predicted molar refractivity (Wildman–Crippen MR) is 69.9 cm³/mol. The van der Waals surface area contributed by atoms with Gasteiger partial charge in [-0.25, -0.2) is 13.4 Å². The van der Waals surface area contributed by atoms with Gasteiger partial charge in [0.15, 0.2) is 9.84 Å². The summed E-state index contributed by atoms with van der Waals surface area (Å²) in [5.74, 6) is 1.14. The minimum atomic E-state index is -2.81. The SMILES string of the molecule is Cc1ncc(CC(CN)C2CCS(=O)(=O)C2)s1. The molecule has 2 rings (SSSR count). The Kier molecular flexibility index (Phi) is 3.85. The maximum Gasteiger partial charge on any atom is 0.150 e. The lowest BCUT2D eigenvalue weighted by molar-refractivity contribution is 0.372. The van der Waals surface area contributed by atoms with Gasteiger partial charge < -0.3 is 5.73 Å². The van der Waals surface area contributed by atoms with Crippen LogP contribution in [0.25, 0.3) is 0 Å². The minimum absolute atomic E-state index is 0.229. The Morgan fingerprint density at radius 1 is 1.65 bits per heavy atom. The molecule has 0 bridgehead atoms. The quantitative estimate of drug-likeness (QED) is 0.889. The van der Waals surface area contributed by atoms with E-state index >= 15 is 0 Å². The van der Waals surface area contributed by atoms with Crippen molar-refractivity contribution >= 4 is 21.2 Å². The first-order valence-electron chi connectivity index (χ1n) is 5.82. The van der Waals surface area contributed by atoms with Crippen molar-refractivity contribution in [2.24, 2.45) is 17.6 Å². The van der Waals surface area contributed by atoms with Crippen LogP contribution in [0, 0.1) is 18.8 Å². The third-order valence-electron chi connectivity index (χ3n) is 3.37. The topological polar surface area (TPSA) is 73.0 Å². The molecule has 1 aliphatic heterocycles. The first-order chi connectivity index (χ1) is 8.00. The van der Waals surface area contributed by atoms with Gasteiger partial charge in [-0.1, -0.05) is 0 Å². The molecule has 0 aliphatic carbocycles. The summed E-state index contributed by atoms with van der Waals surface area (Å²) in [6.45, 7) is 2.53. The van der Waals surface area contributed by atoms with Crippen LogP contribution in [0.5, 0.6) is 0 Å². The highest BCUT2D eigenvalue weighted by Crippen LogP contribution is 2.29. The van der Waals surface area contributed by atoms with Gasteiger partial charge in [0.2, 0.25) is 0 Å². The molecule has 1 aromatic rings. The zero-order valence-corrected chi connectivity index (χ0v) is 11.6. The van der Waals surface area contributed by atoms with Crippen LogP contribution in [-0.2, 0) is 16.3 Å². The van der Waals surface area contributed by atoms with Crippen LogP contribution < -0.4 is 5.73 Å². The zero-order valence-electron chi connectivity index (χ0n) is 9.93. The first-order valence-corrected chi connectivity index (χ1v) is 8.46. The number of rotatable bonds is 4. The maximum atomic E-state index is 11.5.